The lowest BCUT2D eigenvalue weighted by Gasteiger charge is -2.06. The third kappa shape index (κ3) is 3.34. The minimum absolute atomic E-state index is 0.0549. The maximum Gasteiger partial charge on any atom is 0.184 e. The molecule has 1 atom stereocenters. The van der Waals surface area contributed by atoms with Crippen LogP contribution in [0.2, 0.25) is 10.0 Å². The quantitative estimate of drug-likeness (QED) is 0.735. The van der Waals surface area contributed by atoms with Crippen LogP contribution in [0.1, 0.15) is 5.56 Å². The highest BCUT2D eigenvalue weighted by molar-refractivity contribution is 8.30. The van der Waals surface area contributed by atoms with Gasteiger partial charge in [0.1, 0.15) is 0 Å². The molecule has 0 radical (unpaired) electrons. The van der Waals surface area contributed by atoms with Crippen molar-refractivity contribution in [2.75, 3.05) is 0 Å². The Hall–Kier alpha value is 0.190. The summed E-state index contributed by atoms with van der Waals surface area (Å²) in [5.74, 6) is 0.773. The zero-order chi connectivity index (χ0) is 11.5. The molecule has 84 valence electrons. The smallest absolute Gasteiger partial charge is 0.161 e. The van der Waals surface area contributed by atoms with E-state index in [1.807, 2.05) is 12.1 Å². The largest absolute Gasteiger partial charge is 0.184 e. The van der Waals surface area contributed by atoms with E-state index in [-0.39, 0.29) is 4.71 Å². The molecule has 7 heteroatoms. The molecular formula is C9H6Cl2N2S3. The molecule has 0 amide bonds. The monoisotopic (exact) mass is 308 g/mol. The lowest BCUT2D eigenvalue weighted by Crippen LogP contribution is -1.90. The fraction of sp³-hybridized carbons (Fsp3) is 0.222. The van der Waals surface area contributed by atoms with Crippen molar-refractivity contribution in [3.8, 4) is 0 Å². The van der Waals surface area contributed by atoms with Gasteiger partial charge in [-0.15, -0.1) is 16.9 Å². The van der Waals surface area contributed by atoms with Crippen LogP contribution in [0, 0.1) is 0 Å². The van der Waals surface area contributed by atoms with E-state index in [4.69, 9.17) is 35.4 Å². The average molecular weight is 309 g/mol. The van der Waals surface area contributed by atoms with Crippen molar-refractivity contribution in [1.29, 1.82) is 0 Å². The molecule has 2 nitrogen and oxygen atoms in total. The van der Waals surface area contributed by atoms with Crippen LogP contribution in [0.3, 0.4) is 0 Å². The van der Waals surface area contributed by atoms with Crippen molar-refractivity contribution < 1.29 is 0 Å². The lowest BCUT2D eigenvalue weighted by molar-refractivity contribution is 1.15. The molecule has 1 aromatic carbocycles. The van der Waals surface area contributed by atoms with E-state index in [0.717, 1.165) is 11.3 Å². The maximum absolute atomic E-state index is 6.06. The van der Waals surface area contributed by atoms with Crippen molar-refractivity contribution >= 4 is 63.3 Å². The zero-order valence-corrected chi connectivity index (χ0v) is 11.9. The molecule has 1 heterocycles. The second kappa shape index (κ2) is 5.69. The molecule has 0 spiro atoms. The number of halogens is 2. The molecule has 0 N–H and O–H groups in total. The summed E-state index contributed by atoms with van der Waals surface area (Å²) in [7, 11) is 0. The molecule has 1 aromatic rings. The van der Waals surface area contributed by atoms with Crippen LogP contribution >= 0.6 is 58.9 Å². The average Bonchev–Trinajstić information content (AvgIpc) is 2.63. The van der Waals surface area contributed by atoms with E-state index in [1.54, 1.807) is 17.8 Å². The number of thiocarbonyl (C=S) groups is 1. The zero-order valence-electron chi connectivity index (χ0n) is 7.89. The predicted molar refractivity (Wildman–Crippen MR) is 76.6 cm³/mol. The van der Waals surface area contributed by atoms with Gasteiger partial charge < -0.3 is 0 Å². The van der Waals surface area contributed by atoms with Crippen molar-refractivity contribution in [2.24, 2.45) is 10.2 Å². The summed E-state index contributed by atoms with van der Waals surface area (Å²) in [5, 5.41) is 9.16. The highest BCUT2D eigenvalue weighted by Gasteiger charge is 2.18. The SMILES string of the molecule is S=C1N=NC(SCc2ccc(Cl)cc2Cl)S1. The van der Waals surface area contributed by atoms with Gasteiger partial charge >= 0.3 is 0 Å². The number of azo groups is 1. The standard InChI is InChI=1S/C9H6Cl2N2S3/c10-6-2-1-5(7(11)3-6)4-15-9-13-12-8(14)16-9/h1-3,9H,4H2. The summed E-state index contributed by atoms with van der Waals surface area (Å²) in [6.07, 6.45) is 0. The van der Waals surface area contributed by atoms with E-state index in [9.17, 15) is 0 Å². The molecule has 1 aliphatic rings. The number of hydrogen-bond acceptors (Lipinski definition) is 4. The molecule has 16 heavy (non-hydrogen) atoms. The van der Waals surface area contributed by atoms with Gasteiger partial charge in [-0.25, -0.2) is 0 Å². The number of hydrogen-bond donors (Lipinski definition) is 0. The van der Waals surface area contributed by atoms with Gasteiger partial charge in [0.05, 0.1) is 0 Å². The molecule has 1 unspecified atom stereocenters. The van der Waals surface area contributed by atoms with Crippen molar-refractivity contribution in [1.82, 2.24) is 0 Å². The fourth-order valence-electron chi connectivity index (χ4n) is 1.09. The molecular weight excluding hydrogens is 303 g/mol. The number of rotatable bonds is 3. The van der Waals surface area contributed by atoms with Gasteiger partial charge in [0.2, 0.25) is 0 Å². The minimum Gasteiger partial charge on any atom is -0.161 e. The van der Waals surface area contributed by atoms with E-state index in [0.29, 0.717) is 14.4 Å². The number of nitrogens with zero attached hydrogens (tertiary/aromatic N) is 2. The first-order valence-electron chi connectivity index (χ1n) is 4.32. The molecule has 0 aromatic heterocycles. The molecule has 1 aliphatic heterocycles. The highest BCUT2D eigenvalue weighted by atomic mass is 35.5. The first-order chi connectivity index (χ1) is 7.65. The summed E-state index contributed by atoms with van der Waals surface area (Å²) in [6, 6.07) is 5.50. The van der Waals surface area contributed by atoms with E-state index >= 15 is 0 Å². The maximum atomic E-state index is 6.06. The summed E-state index contributed by atoms with van der Waals surface area (Å²) >= 11 is 19.9. The first-order valence-corrected chi connectivity index (χ1v) is 7.41. The van der Waals surface area contributed by atoms with E-state index in [2.05, 4.69) is 10.2 Å². The van der Waals surface area contributed by atoms with Crippen LogP contribution in [-0.4, -0.2) is 9.03 Å². The van der Waals surface area contributed by atoms with Crippen molar-refractivity contribution in [3.63, 3.8) is 0 Å². The topological polar surface area (TPSA) is 24.7 Å². The lowest BCUT2D eigenvalue weighted by atomic mass is 10.2. The van der Waals surface area contributed by atoms with E-state index < -0.39 is 0 Å². The molecule has 0 bridgehead atoms. The van der Waals surface area contributed by atoms with Gasteiger partial charge in [-0.2, -0.15) is 5.11 Å². The Balaban J connectivity index is 1.95. The van der Waals surface area contributed by atoms with Crippen molar-refractivity contribution in [3.05, 3.63) is 33.8 Å². The minimum atomic E-state index is 0.0549. The van der Waals surface area contributed by atoms with Gasteiger partial charge in [-0.1, -0.05) is 41.0 Å². The second-order valence-corrected chi connectivity index (χ2v) is 6.88. The Labute approximate surface area is 117 Å². The Morgan fingerprint density at radius 3 is 2.88 bits per heavy atom. The normalized spacial score (nSPS) is 19.4. The summed E-state index contributed by atoms with van der Waals surface area (Å²) in [4.78, 5) is 0. The Kier molecular flexibility index (Phi) is 4.49. The second-order valence-electron chi connectivity index (χ2n) is 2.95. The van der Waals surface area contributed by atoms with Gasteiger partial charge in [0.15, 0.2) is 9.03 Å². The molecule has 0 saturated carbocycles. The third-order valence-electron chi connectivity index (χ3n) is 1.83. The van der Waals surface area contributed by atoms with Gasteiger partial charge in [-0.3, -0.25) is 0 Å². The molecule has 0 saturated heterocycles. The fourth-order valence-corrected chi connectivity index (χ4v) is 3.95. The van der Waals surface area contributed by atoms with Crippen LogP contribution < -0.4 is 0 Å². The van der Waals surface area contributed by atoms with E-state index in [1.165, 1.54) is 11.8 Å². The number of benzene rings is 1. The predicted octanol–water partition coefficient (Wildman–Crippen LogP) is 4.99. The van der Waals surface area contributed by atoms with Gasteiger partial charge in [0, 0.05) is 15.8 Å². The van der Waals surface area contributed by atoms with Crippen LogP contribution in [0.25, 0.3) is 0 Å². The van der Waals surface area contributed by atoms with Crippen LogP contribution in [-0.2, 0) is 5.75 Å². The Morgan fingerprint density at radius 1 is 1.44 bits per heavy atom. The molecule has 2 rings (SSSR count). The number of thioether (sulfide) groups is 2. The van der Waals surface area contributed by atoms with Crippen LogP contribution in [0.5, 0.6) is 0 Å². The molecule has 0 aliphatic carbocycles. The van der Waals surface area contributed by atoms with Crippen LogP contribution in [0.15, 0.2) is 28.4 Å². The highest BCUT2D eigenvalue weighted by Crippen LogP contribution is 2.35. The summed E-state index contributed by atoms with van der Waals surface area (Å²) in [6.45, 7) is 0. The Bertz CT molecular complexity index is 450. The first kappa shape index (κ1) is 12.6. The van der Waals surface area contributed by atoms with Gasteiger partial charge in [-0.05, 0) is 29.9 Å². The van der Waals surface area contributed by atoms with Gasteiger partial charge in [0.25, 0.3) is 0 Å². The summed E-state index contributed by atoms with van der Waals surface area (Å²) < 4.78 is 0.652. The third-order valence-corrected chi connectivity index (χ3v) is 4.92. The van der Waals surface area contributed by atoms with Crippen LogP contribution in [0.4, 0.5) is 0 Å². The molecule has 0 fully saturated rings. The summed E-state index contributed by atoms with van der Waals surface area (Å²) in [5.41, 5.74) is 1.05. The van der Waals surface area contributed by atoms with Crippen molar-refractivity contribution in [2.45, 2.75) is 10.5 Å². The Morgan fingerprint density at radius 2 is 2.25 bits per heavy atom.